The molecule has 0 aliphatic heterocycles. The van der Waals surface area contributed by atoms with E-state index in [1.165, 1.54) is 28.8 Å². The summed E-state index contributed by atoms with van der Waals surface area (Å²) in [4.78, 5) is 3.46. The van der Waals surface area contributed by atoms with E-state index in [-0.39, 0.29) is 0 Å². The van der Waals surface area contributed by atoms with Gasteiger partial charge in [-0.25, -0.2) is 0 Å². The molecule has 0 aliphatic carbocycles. The molecule has 1 heterocycles. The fraction of sp³-hybridized carbons (Fsp3) is 0.529. The van der Waals surface area contributed by atoms with Gasteiger partial charge in [0.25, 0.3) is 0 Å². The van der Waals surface area contributed by atoms with Gasteiger partial charge in [-0.1, -0.05) is 32.0 Å². The van der Waals surface area contributed by atoms with E-state index in [1.54, 1.807) is 0 Å². The molecule has 1 unspecified atom stereocenters. The fourth-order valence-corrected chi connectivity index (χ4v) is 3.11. The lowest BCUT2D eigenvalue weighted by atomic mass is 10.0. The molecule has 0 spiro atoms. The lowest BCUT2D eigenvalue weighted by Crippen LogP contribution is -2.28. The second-order valence-corrected chi connectivity index (χ2v) is 7.03. The van der Waals surface area contributed by atoms with E-state index in [1.807, 2.05) is 11.8 Å². The molecule has 0 fully saturated rings. The van der Waals surface area contributed by atoms with Crippen molar-refractivity contribution in [2.24, 2.45) is 5.92 Å². The molecule has 0 radical (unpaired) electrons. The van der Waals surface area contributed by atoms with Crippen molar-refractivity contribution in [1.29, 1.82) is 0 Å². The van der Waals surface area contributed by atoms with E-state index in [0.29, 0.717) is 6.04 Å². The first-order valence-corrected chi connectivity index (χ1v) is 8.57. The third-order valence-electron chi connectivity index (χ3n) is 3.53. The number of H-pyrrole nitrogens is 1. The van der Waals surface area contributed by atoms with E-state index in [4.69, 9.17) is 0 Å². The van der Waals surface area contributed by atoms with Crippen LogP contribution in [0.4, 0.5) is 0 Å². The second kappa shape index (κ2) is 7.75. The average Bonchev–Trinajstić information content (AvgIpc) is 2.84. The summed E-state index contributed by atoms with van der Waals surface area (Å²) in [7, 11) is 0. The van der Waals surface area contributed by atoms with Gasteiger partial charge < -0.3 is 10.3 Å². The number of para-hydroxylation sites is 1. The highest BCUT2D eigenvalue weighted by Crippen LogP contribution is 2.22. The third-order valence-corrected chi connectivity index (χ3v) is 4.47. The first kappa shape index (κ1) is 15.5. The summed E-state index contributed by atoms with van der Waals surface area (Å²) in [5.41, 5.74) is 1.23. The molecule has 1 aromatic heterocycles. The molecule has 0 bridgehead atoms. The van der Waals surface area contributed by atoms with Gasteiger partial charge in [0.05, 0.1) is 5.03 Å². The van der Waals surface area contributed by atoms with Crippen molar-refractivity contribution in [2.45, 2.75) is 44.7 Å². The number of benzene rings is 1. The molecule has 0 amide bonds. The monoisotopic (exact) mass is 290 g/mol. The molecule has 20 heavy (non-hydrogen) atoms. The number of thioether (sulfide) groups is 1. The molecular formula is C17H26N2S. The van der Waals surface area contributed by atoms with Gasteiger partial charge >= 0.3 is 0 Å². The van der Waals surface area contributed by atoms with Crippen molar-refractivity contribution in [3.05, 3.63) is 30.3 Å². The van der Waals surface area contributed by atoms with Crippen LogP contribution in [0, 0.1) is 5.92 Å². The molecule has 110 valence electrons. The summed E-state index contributed by atoms with van der Waals surface area (Å²) < 4.78 is 0. The molecule has 2 N–H and O–H groups in total. The van der Waals surface area contributed by atoms with Gasteiger partial charge in [0.2, 0.25) is 0 Å². The van der Waals surface area contributed by atoms with Crippen LogP contribution in [0.25, 0.3) is 10.9 Å². The number of hydrogen-bond donors (Lipinski definition) is 2. The minimum atomic E-state index is 0.626. The Balaban J connectivity index is 1.68. The SMILES string of the molecule is CC(C)CCC(C)NCCSc1cc2ccccc2[nH]1. The van der Waals surface area contributed by atoms with Gasteiger partial charge in [-0.3, -0.25) is 0 Å². The van der Waals surface area contributed by atoms with Crippen LogP contribution in [-0.2, 0) is 0 Å². The summed E-state index contributed by atoms with van der Waals surface area (Å²) in [5.74, 6) is 1.92. The Labute approximate surface area is 126 Å². The summed E-state index contributed by atoms with van der Waals surface area (Å²) in [6, 6.07) is 11.3. The van der Waals surface area contributed by atoms with E-state index < -0.39 is 0 Å². The molecule has 0 saturated carbocycles. The molecule has 2 nitrogen and oxygen atoms in total. The van der Waals surface area contributed by atoms with Crippen molar-refractivity contribution in [1.82, 2.24) is 10.3 Å². The van der Waals surface area contributed by atoms with E-state index in [2.05, 4.69) is 61.4 Å². The third kappa shape index (κ3) is 4.88. The van der Waals surface area contributed by atoms with Crippen LogP contribution in [0.5, 0.6) is 0 Å². The fourth-order valence-electron chi connectivity index (χ4n) is 2.28. The first-order valence-electron chi connectivity index (χ1n) is 7.59. The highest BCUT2D eigenvalue weighted by Gasteiger charge is 2.04. The summed E-state index contributed by atoms with van der Waals surface area (Å²) in [6.45, 7) is 7.94. The maximum absolute atomic E-state index is 3.61. The molecule has 2 aromatic rings. The van der Waals surface area contributed by atoms with Gasteiger partial charge in [-0.15, -0.1) is 11.8 Å². The van der Waals surface area contributed by atoms with Crippen LogP contribution in [0.3, 0.4) is 0 Å². The van der Waals surface area contributed by atoms with Crippen molar-refractivity contribution in [3.63, 3.8) is 0 Å². The largest absolute Gasteiger partial charge is 0.350 e. The van der Waals surface area contributed by atoms with Gasteiger partial charge in [-0.2, -0.15) is 0 Å². The van der Waals surface area contributed by atoms with Crippen LogP contribution >= 0.6 is 11.8 Å². The van der Waals surface area contributed by atoms with Crippen LogP contribution < -0.4 is 5.32 Å². The normalized spacial score (nSPS) is 13.2. The zero-order valence-corrected chi connectivity index (χ0v) is 13.6. The predicted molar refractivity (Wildman–Crippen MR) is 90.6 cm³/mol. The standard InChI is InChI=1S/C17H26N2S/c1-13(2)8-9-14(3)18-10-11-20-17-12-15-6-4-5-7-16(15)19-17/h4-7,12-14,18-19H,8-11H2,1-3H3. The molecule has 0 aliphatic rings. The smallest absolute Gasteiger partial charge is 0.0732 e. The Morgan fingerprint density at radius 3 is 2.70 bits per heavy atom. The van der Waals surface area contributed by atoms with E-state index in [9.17, 15) is 0 Å². The number of aromatic nitrogens is 1. The molecule has 1 atom stereocenters. The molecule has 2 rings (SSSR count). The van der Waals surface area contributed by atoms with Crippen LogP contribution in [-0.4, -0.2) is 23.3 Å². The van der Waals surface area contributed by atoms with Gasteiger partial charge in [0.15, 0.2) is 0 Å². The number of rotatable bonds is 8. The number of aromatic amines is 1. The van der Waals surface area contributed by atoms with Crippen molar-refractivity contribution in [2.75, 3.05) is 12.3 Å². The second-order valence-electron chi connectivity index (χ2n) is 5.90. The first-order chi connectivity index (χ1) is 9.65. The quantitative estimate of drug-likeness (QED) is 0.546. The molecular weight excluding hydrogens is 264 g/mol. The topological polar surface area (TPSA) is 27.8 Å². The van der Waals surface area contributed by atoms with Gasteiger partial charge in [0.1, 0.15) is 0 Å². The van der Waals surface area contributed by atoms with Crippen LogP contribution in [0.15, 0.2) is 35.4 Å². The number of hydrogen-bond acceptors (Lipinski definition) is 2. The number of fused-ring (bicyclic) bond motifs is 1. The van der Waals surface area contributed by atoms with Crippen LogP contribution in [0.1, 0.15) is 33.6 Å². The highest BCUT2D eigenvalue weighted by atomic mass is 32.2. The summed E-state index contributed by atoms with van der Waals surface area (Å²) >= 11 is 1.89. The molecule has 0 saturated heterocycles. The Kier molecular flexibility index (Phi) is 5.99. The van der Waals surface area contributed by atoms with Crippen molar-refractivity contribution < 1.29 is 0 Å². The average molecular weight is 290 g/mol. The van der Waals surface area contributed by atoms with E-state index >= 15 is 0 Å². The molecule has 3 heteroatoms. The van der Waals surface area contributed by atoms with Crippen molar-refractivity contribution in [3.8, 4) is 0 Å². The van der Waals surface area contributed by atoms with Gasteiger partial charge in [-0.05, 0) is 37.8 Å². The number of nitrogens with one attached hydrogen (secondary N) is 2. The molecule has 1 aromatic carbocycles. The zero-order chi connectivity index (χ0) is 14.4. The Morgan fingerprint density at radius 1 is 1.15 bits per heavy atom. The highest BCUT2D eigenvalue weighted by molar-refractivity contribution is 7.99. The maximum atomic E-state index is 3.61. The minimum Gasteiger partial charge on any atom is -0.350 e. The minimum absolute atomic E-state index is 0.626. The maximum Gasteiger partial charge on any atom is 0.0732 e. The summed E-state index contributed by atoms with van der Waals surface area (Å²) in [6.07, 6.45) is 2.58. The van der Waals surface area contributed by atoms with Crippen LogP contribution in [0.2, 0.25) is 0 Å². The van der Waals surface area contributed by atoms with Crippen molar-refractivity contribution >= 4 is 22.7 Å². The Bertz CT molecular complexity index is 485. The lowest BCUT2D eigenvalue weighted by Gasteiger charge is -2.14. The lowest BCUT2D eigenvalue weighted by molar-refractivity contribution is 0.460. The Morgan fingerprint density at radius 2 is 1.95 bits per heavy atom. The Hall–Kier alpha value is -0.930. The predicted octanol–water partition coefficient (Wildman–Crippen LogP) is 4.67. The zero-order valence-electron chi connectivity index (χ0n) is 12.8. The van der Waals surface area contributed by atoms with Gasteiger partial charge in [0, 0.05) is 29.2 Å². The summed E-state index contributed by atoms with van der Waals surface area (Å²) in [5, 5.41) is 6.17. The van der Waals surface area contributed by atoms with E-state index in [0.717, 1.165) is 18.2 Å².